The lowest BCUT2D eigenvalue weighted by atomic mass is 9.96. The van der Waals surface area contributed by atoms with Gasteiger partial charge >= 0.3 is 5.97 Å². The van der Waals surface area contributed by atoms with E-state index in [0.29, 0.717) is 25.8 Å². The number of amides is 6. The van der Waals surface area contributed by atoms with Crippen molar-refractivity contribution in [2.24, 2.45) is 23.5 Å². The van der Waals surface area contributed by atoms with Crippen LogP contribution in [0.2, 0.25) is 0 Å². The van der Waals surface area contributed by atoms with Crippen LogP contribution in [0.15, 0.2) is 30.3 Å². The molecule has 0 aliphatic carbocycles. The fourth-order valence-electron chi connectivity index (χ4n) is 6.59. The first-order valence-electron chi connectivity index (χ1n) is 19.2. The van der Waals surface area contributed by atoms with E-state index in [-0.39, 0.29) is 37.1 Å². The minimum atomic E-state index is -1.40. The number of likely N-dealkylation sites (tertiary alicyclic amines) is 1. The molecule has 0 spiro atoms. The molecule has 1 aliphatic heterocycles. The highest BCUT2D eigenvalue weighted by atomic mass is 16.5. The highest BCUT2D eigenvalue weighted by Crippen LogP contribution is 2.21. The molecule has 1 aromatic carbocycles. The number of nitrogens with two attached hydrogens (primary N) is 1. The summed E-state index contributed by atoms with van der Waals surface area (Å²) in [4.78, 5) is 92.4. The molecule has 2 rings (SSSR count). The van der Waals surface area contributed by atoms with Crippen molar-refractivity contribution in [2.45, 2.75) is 129 Å². The lowest BCUT2D eigenvalue weighted by Crippen LogP contribution is -2.59. The van der Waals surface area contributed by atoms with E-state index in [1.54, 1.807) is 18.7 Å². The molecule has 5 unspecified atom stereocenters. The van der Waals surface area contributed by atoms with Crippen molar-refractivity contribution in [3.8, 4) is 0 Å². The molecule has 16 nitrogen and oxygen atoms in total. The Morgan fingerprint density at radius 3 is 2.05 bits per heavy atom. The van der Waals surface area contributed by atoms with E-state index in [1.807, 2.05) is 58.0 Å². The number of esters is 1. The molecular weight excluding hydrogens is 710 g/mol. The highest BCUT2D eigenvalue weighted by molar-refractivity contribution is 5.94. The Balaban J connectivity index is 2.30. The molecule has 1 aromatic rings. The SMILES string of the molecule is CCC(C)C(NC(=O)[C@@H]1CCCN1C[C@H](O)[C@H](Cc1ccccc1)NC(=O)C(CC(N)=O)NC(=O)C(CC(C)C)NC(C)=O)C(=O)NC(C(=O)OC)C(C)C. The molecular formula is C39H63N7O9. The van der Waals surface area contributed by atoms with Gasteiger partial charge in [0.05, 0.1) is 31.7 Å². The van der Waals surface area contributed by atoms with Gasteiger partial charge < -0.3 is 42.2 Å². The molecule has 1 fully saturated rings. The summed E-state index contributed by atoms with van der Waals surface area (Å²) < 4.78 is 4.87. The van der Waals surface area contributed by atoms with Crippen LogP contribution >= 0.6 is 0 Å². The second-order valence-electron chi connectivity index (χ2n) is 15.3. The van der Waals surface area contributed by atoms with Crippen molar-refractivity contribution in [2.75, 3.05) is 20.2 Å². The molecule has 6 amide bonds. The van der Waals surface area contributed by atoms with Crippen LogP contribution in [0, 0.1) is 17.8 Å². The summed E-state index contributed by atoms with van der Waals surface area (Å²) in [6.07, 6.45) is 0.360. The van der Waals surface area contributed by atoms with Gasteiger partial charge in [-0.3, -0.25) is 33.7 Å². The molecule has 8 atom stereocenters. The largest absolute Gasteiger partial charge is 0.467 e. The van der Waals surface area contributed by atoms with E-state index >= 15 is 0 Å². The lowest BCUT2D eigenvalue weighted by Gasteiger charge is -2.33. The van der Waals surface area contributed by atoms with Gasteiger partial charge in [-0.1, -0.05) is 78.3 Å². The van der Waals surface area contributed by atoms with E-state index in [1.165, 1.54) is 14.0 Å². The van der Waals surface area contributed by atoms with Crippen LogP contribution in [-0.4, -0.2) is 114 Å². The number of primary amides is 1. The highest BCUT2D eigenvalue weighted by Gasteiger charge is 2.38. The lowest BCUT2D eigenvalue weighted by molar-refractivity contribution is -0.147. The number of carbonyl (C=O) groups excluding carboxylic acids is 7. The predicted molar refractivity (Wildman–Crippen MR) is 206 cm³/mol. The van der Waals surface area contributed by atoms with Crippen LogP contribution in [0.25, 0.3) is 0 Å². The quantitative estimate of drug-likeness (QED) is 0.0796. The van der Waals surface area contributed by atoms with Gasteiger partial charge in [0.25, 0.3) is 0 Å². The first kappa shape index (κ1) is 46.6. The third kappa shape index (κ3) is 15.2. The summed E-state index contributed by atoms with van der Waals surface area (Å²) in [7, 11) is 1.24. The first-order valence-corrected chi connectivity index (χ1v) is 19.2. The number of β-amino-alcohol motifs (C(OH)–C–C–N with tert-alkyl or cyclic N) is 1. The molecule has 8 N–H and O–H groups in total. The maximum absolute atomic E-state index is 13.8. The third-order valence-corrected chi connectivity index (χ3v) is 9.83. The molecule has 0 radical (unpaired) electrons. The molecule has 16 heteroatoms. The van der Waals surface area contributed by atoms with Gasteiger partial charge in [0.1, 0.15) is 24.2 Å². The summed E-state index contributed by atoms with van der Waals surface area (Å²) in [5.41, 5.74) is 6.26. The number of aliphatic hydroxyl groups is 1. The monoisotopic (exact) mass is 773 g/mol. The molecule has 0 bridgehead atoms. The Morgan fingerprint density at radius 2 is 1.51 bits per heavy atom. The van der Waals surface area contributed by atoms with Gasteiger partial charge in [-0.2, -0.15) is 0 Å². The Labute approximate surface area is 324 Å². The minimum absolute atomic E-state index is 0.0230. The van der Waals surface area contributed by atoms with Gasteiger partial charge in [0.2, 0.25) is 35.4 Å². The van der Waals surface area contributed by atoms with Crippen LogP contribution in [0.1, 0.15) is 86.1 Å². The number of aliphatic hydroxyl groups excluding tert-OH is 1. The van der Waals surface area contributed by atoms with Crippen LogP contribution in [0.5, 0.6) is 0 Å². The van der Waals surface area contributed by atoms with Gasteiger partial charge in [0.15, 0.2) is 0 Å². The summed E-state index contributed by atoms with van der Waals surface area (Å²) in [5.74, 6) is -4.71. The molecule has 308 valence electrons. The van der Waals surface area contributed by atoms with Crippen LogP contribution < -0.4 is 32.3 Å². The Morgan fingerprint density at radius 1 is 0.873 bits per heavy atom. The fraction of sp³-hybridized carbons (Fsp3) is 0.667. The number of hydrogen-bond donors (Lipinski definition) is 7. The molecule has 0 aromatic heterocycles. The van der Waals surface area contributed by atoms with Crippen molar-refractivity contribution < 1.29 is 43.4 Å². The number of benzene rings is 1. The zero-order valence-corrected chi connectivity index (χ0v) is 33.6. The van der Waals surface area contributed by atoms with Gasteiger partial charge in [0, 0.05) is 13.5 Å². The summed E-state index contributed by atoms with van der Waals surface area (Å²) in [5, 5.41) is 25.3. The third-order valence-electron chi connectivity index (χ3n) is 9.83. The summed E-state index contributed by atoms with van der Waals surface area (Å²) in [6, 6.07) is 3.28. The van der Waals surface area contributed by atoms with E-state index in [0.717, 1.165) is 5.56 Å². The fourth-order valence-corrected chi connectivity index (χ4v) is 6.59. The Bertz CT molecular complexity index is 1460. The van der Waals surface area contributed by atoms with Crippen molar-refractivity contribution in [1.82, 2.24) is 31.5 Å². The maximum Gasteiger partial charge on any atom is 0.328 e. The van der Waals surface area contributed by atoms with E-state index in [9.17, 15) is 38.7 Å². The topological polar surface area (TPSA) is 238 Å². The van der Waals surface area contributed by atoms with Gasteiger partial charge in [-0.25, -0.2) is 4.79 Å². The van der Waals surface area contributed by atoms with E-state index < -0.39 is 90.2 Å². The summed E-state index contributed by atoms with van der Waals surface area (Å²) >= 11 is 0. The van der Waals surface area contributed by atoms with Gasteiger partial charge in [-0.15, -0.1) is 0 Å². The maximum atomic E-state index is 13.8. The first-order chi connectivity index (χ1) is 25.9. The zero-order chi connectivity index (χ0) is 41.4. The Hall–Kier alpha value is -4.57. The minimum Gasteiger partial charge on any atom is -0.467 e. The number of rotatable bonds is 22. The van der Waals surface area contributed by atoms with Crippen molar-refractivity contribution >= 4 is 41.4 Å². The van der Waals surface area contributed by atoms with Crippen LogP contribution in [0.4, 0.5) is 0 Å². The number of carbonyl (C=O) groups is 7. The van der Waals surface area contributed by atoms with Crippen molar-refractivity contribution in [3.05, 3.63) is 35.9 Å². The van der Waals surface area contributed by atoms with Gasteiger partial charge in [-0.05, 0) is 55.5 Å². The smallest absolute Gasteiger partial charge is 0.328 e. The molecule has 1 saturated heterocycles. The summed E-state index contributed by atoms with van der Waals surface area (Å²) in [6.45, 7) is 12.7. The molecule has 1 heterocycles. The molecule has 1 aliphatic rings. The number of methoxy groups -OCH3 is 1. The number of hydrogen-bond acceptors (Lipinski definition) is 10. The Kier molecular flexibility index (Phi) is 19.2. The molecule has 0 saturated carbocycles. The standard InChI is InChI=1S/C39H63N7O9/c1-9-24(6)34(38(53)44-33(23(4)5)39(54)55-8)45-37(52)30-16-13-17-46(30)21-31(48)27(19-26-14-11-10-12-15-26)42-36(51)29(20-32(40)49)43-35(50)28(18-22(2)3)41-25(7)47/h10-12,14-15,22-24,27-31,33-34,48H,9,13,16-21H2,1-8H3,(H2,40,49)(H,41,47)(H,42,51)(H,43,50)(H,44,53)(H,45,52)/t24?,27-,28?,29?,30-,31-,33?,34?/m0/s1. The number of ether oxygens (including phenoxy) is 1. The van der Waals surface area contributed by atoms with E-state index in [2.05, 4.69) is 26.6 Å². The molecule has 55 heavy (non-hydrogen) atoms. The average Bonchev–Trinajstić information content (AvgIpc) is 3.58. The predicted octanol–water partition coefficient (Wildman–Crippen LogP) is 0.295. The van der Waals surface area contributed by atoms with E-state index in [4.69, 9.17) is 10.5 Å². The number of nitrogens with zero attached hydrogens (tertiary/aromatic N) is 1. The normalized spacial score (nSPS) is 18.2. The zero-order valence-electron chi connectivity index (χ0n) is 33.6. The average molecular weight is 774 g/mol. The van der Waals surface area contributed by atoms with Crippen molar-refractivity contribution in [1.29, 1.82) is 0 Å². The van der Waals surface area contributed by atoms with Crippen LogP contribution in [0.3, 0.4) is 0 Å². The second kappa shape index (κ2) is 22.7. The number of nitrogens with one attached hydrogen (secondary N) is 5. The second-order valence-corrected chi connectivity index (χ2v) is 15.3. The van der Waals surface area contributed by atoms with Crippen molar-refractivity contribution in [3.63, 3.8) is 0 Å². The van der Waals surface area contributed by atoms with Crippen LogP contribution in [-0.2, 0) is 44.7 Å².